The summed E-state index contributed by atoms with van der Waals surface area (Å²) < 4.78 is 0. The fourth-order valence-electron chi connectivity index (χ4n) is 11.5. The van der Waals surface area contributed by atoms with Crippen molar-refractivity contribution in [3.63, 3.8) is 0 Å². The third-order valence-corrected chi connectivity index (χ3v) is 16.7. The number of nitrogens with zero attached hydrogens (tertiary/aromatic N) is 8. The van der Waals surface area contributed by atoms with Crippen molar-refractivity contribution in [2.24, 2.45) is 35.5 Å². The maximum atomic E-state index is 15.1. The van der Waals surface area contributed by atoms with Gasteiger partial charge in [-0.1, -0.05) is 109 Å². The van der Waals surface area contributed by atoms with Gasteiger partial charge in [0.15, 0.2) is 0 Å². The number of allylic oxidation sites excluding steroid dienone is 1. The SMILES string of the molecule is C/C=C/C[C@@H]1[C@@H](O)[C@H]2C(=O)N1[C@@H](CC)C(=O)N(C)CC(=O)N(C)[C@@H]([C@@H](C)CC)C(=O)N[C@@H](C(C)C)C(=O)N(C)[C@@H](CC(C)C)C(=O)N[C@@H](C)C(=O)N[C@H](C)C(=O)N(C)[C@@H](CC(C)C)C(=O)N(C)[C@@H](CC(C)C)C(=O)N(C)[C@@H](C(C)C)C(=O)N2C. The van der Waals surface area contributed by atoms with Crippen molar-refractivity contribution in [2.45, 2.75) is 222 Å². The summed E-state index contributed by atoms with van der Waals surface area (Å²) in [6, 6.07) is -13.2. The summed E-state index contributed by atoms with van der Waals surface area (Å²) in [6.07, 6.45) is 2.99. The maximum Gasteiger partial charge on any atom is 0.249 e. The largest absolute Gasteiger partial charge is 0.388 e. The molecule has 478 valence electrons. The molecule has 11 amide bonds. The van der Waals surface area contributed by atoms with Crippen LogP contribution < -0.4 is 16.0 Å². The Morgan fingerprint density at radius 3 is 1.44 bits per heavy atom. The number of hydrogen-bond donors (Lipinski definition) is 4. The van der Waals surface area contributed by atoms with Gasteiger partial charge in [-0.25, -0.2) is 0 Å². The molecule has 2 heterocycles. The number of aliphatic hydroxyl groups excluding tert-OH is 1. The van der Waals surface area contributed by atoms with Crippen LogP contribution in [0.3, 0.4) is 0 Å². The Bertz CT molecular complexity index is 2360. The summed E-state index contributed by atoms with van der Waals surface area (Å²) in [4.78, 5) is 171. The first-order valence-corrected chi connectivity index (χ1v) is 30.2. The van der Waals surface area contributed by atoms with Gasteiger partial charge in [0.25, 0.3) is 0 Å². The highest BCUT2D eigenvalue weighted by Crippen LogP contribution is 2.32. The summed E-state index contributed by atoms with van der Waals surface area (Å²) in [5.74, 6) is -9.13. The molecule has 84 heavy (non-hydrogen) atoms. The summed E-state index contributed by atoms with van der Waals surface area (Å²) in [5, 5.41) is 20.5. The van der Waals surface area contributed by atoms with Crippen LogP contribution in [0.15, 0.2) is 12.2 Å². The Labute approximate surface area is 501 Å². The van der Waals surface area contributed by atoms with E-state index in [9.17, 15) is 48.3 Å². The van der Waals surface area contributed by atoms with Gasteiger partial charge >= 0.3 is 0 Å². The van der Waals surface area contributed by atoms with E-state index in [0.717, 1.165) is 9.80 Å². The molecule has 23 heteroatoms. The Balaban J connectivity index is 2.98. The number of aliphatic hydroxyl groups is 1. The van der Waals surface area contributed by atoms with Crippen molar-refractivity contribution >= 4 is 65.0 Å². The van der Waals surface area contributed by atoms with Crippen molar-refractivity contribution in [3.05, 3.63) is 12.2 Å². The minimum atomic E-state index is -1.52. The quantitative estimate of drug-likeness (QED) is 0.194. The minimum Gasteiger partial charge on any atom is -0.388 e. The van der Waals surface area contributed by atoms with E-state index in [2.05, 4.69) is 16.0 Å². The van der Waals surface area contributed by atoms with E-state index in [1.807, 2.05) is 48.5 Å². The molecule has 0 aliphatic carbocycles. The van der Waals surface area contributed by atoms with Crippen molar-refractivity contribution in [1.29, 1.82) is 0 Å². The second-order valence-corrected chi connectivity index (χ2v) is 25.6. The molecule has 2 saturated heterocycles. The van der Waals surface area contributed by atoms with Gasteiger partial charge in [-0.2, -0.15) is 0 Å². The molecule has 0 unspecified atom stereocenters. The standard InChI is InChI=1S/C61H107N11O12/c1-24-27-28-42-51(74)50-61(84)72(42)41(26-3)56(79)65(17)32-46(73)69(21)49(38(14)25-2)54(77)64-47(36(10)11)59(82)66(18)43(29-33(4)5)53(76)62-39(15)52(75)63-40(16)55(78)67(19)44(30-34(6)7)57(80)68(20)45(31-35(8)9)58(81)70(22)48(37(12)13)60(83)71(50)23/h24,27,33-45,47-51,74H,25-26,28-32H2,1-23H3,(H,62,76)(H,63,75)(H,64,77)/b27-24+/t38-,39-,40+,41-,42+,43-,44-,45-,47-,48-,49-,50-,51+/m0/s1. The summed E-state index contributed by atoms with van der Waals surface area (Å²) >= 11 is 0. The van der Waals surface area contributed by atoms with Crippen LogP contribution in [-0.2, 0) is 52.7 Å². The number of nitrogens with one attached hydrogen (secondary N) is 3. The van der Waals surface area contributed by atoms with E-state index in [4.69, 9.17) is 0 Å². The lowest BCUT2D eigenvalue weighted by molar-refractivity contribution is -0.156. The van der Waals surface area contributed by atoms with Gasteiger partial charge < -0.3 is 60.3 Å². The lowest BCUT2D eigenvalue weighted by atomic mass is 9.94. The second-order valence-electron chi connectivity index (χ2n) is 25.6. The van der Waals surface area contributed by atoms with Gasteiger partial charge in [-0.05, 0) is 88.4 Å². The predicted octanol–water partition coefficient (Wildman–Crippen LogP) is 2.73. The molecule has 13 atom stereocenters. The fraction of sp³-hybridized carbons (Fsp3) is 0.787. The van der Waals surface area contributed by atoms with E-state index in [-0.39, 0.29) is 49.9 Å². The number of fused-ring (bicyclic) bond motifs is 2. The average Bonchev–Trinajstić information content (AvgIpc) is 3.82. The van der Waals surface area contributed by atoms with Gasteiger partial charge in [-0.15, -0.1) is 0 Å². The topological polar surface area (TPSA) is 270 Å². The molecule has 0 aromatic heterocycles. The molecule has 2 rings (SSSR count). The van der Waals surface area contributed by atoms with Crippen LogP contribution in [0.2, 0.25) is 0 Å². The van der Waals surface area contributed by atoms with Crippen LogP contribution in [0.25, 0.3) is 0 Å². The van der Waals surface area contributed by atoms with E-state index in [1.165, 1.54) is 92.6 Å². The maximum absolute atomic E-state index is 15.1. The molecule has 0 saturated carbocycles. The molecule has 2 aliphatic rings. The molecular weight excluding hydrogens is 1080 g/mol. The van der Waals surface area contributed by atoms with E-state index in [0.29, 0.717) is 6.42 Å². The molecule has 2 bridgehead atoms. The highest BCUT2D eigenvalue weighted by Gasteiger charge is 2.55. The molecule has 4 N–H and O–H groups in total. The number of amides is 11. The molecule has 0 aromatic carbocycles. The third-order valence-electron chi connectivity index (χ3n) is 16.7. The van der Waals surface area contributed by atoms with Gasteiger partial charge in [-0.3, -0.25) is 52.7 Å². The lowest BCUT2D eigenvalue weighted by Crippen LogP contribution is -2.61. The van der Waals surface area contributed by atoms with Crippen molar-refractivity contribution < 1.29 is 57.8 Å². The van der Waals surface area contributed by atoms with Gasteiger partial charge in [0, 0.05) is 49.3 Å². The molecule has 0 radical (unpaired) electrons. The fourth-order valence-corrected chi connectivity index (χ4v) is 11.5. The Hall–Kier alpha value is -6.13. The smallest absolute Gasteiger partial charge is 0.249 e. The van der Waals surface area contributed by atoms with Gasteiger partial charge in [0.05, 0.1) is 12.6 Å². The minimum absolute atomic E-state index is 0.0451. The van der Waals surface area contributed by atoms with Crippen LogP contribution in [0.5, 0.6) is 0 Å². The van der Waals surface area contributed by atoms with Crippen LogP contribution >= 0.6 is 0 Å². The van der Waals surface area contributed by atoms with Crippen LogP contribution in [0.4, 0.5) is 0 Å². The zero-order valence-corrected chi connectivity index (χ0v) is 55.0. The average molecular weight is 1190 g/mol. The second kappa shape index (κ2) is 32.4. The molecule has 23 nitrogen and oxygen atoms in total. The Morgan fingerprint density at radius 2 is 0.976 bits per heavy atom. The van der Waals surface area contributed by atoms with Crippen molar-refractivity contribution in [1.82, 2.24) is 55.1 Å². The molecule has 2 aliphatic heterocycles. The van der Waals surface area contributed by atoms with Gasteiger partial charge in [0.1, 0.15) is 66.5 Å². The molecular formula is C61H107N11O12. The lowest BCUT2D eigenvalue weighted by Gasteiger charge is -2.40. The number of likely N-dealkylation sites (N-methyl/N-ethyl adjacent to an activating group) is 7. The first kappa shape index (κ1) is 74.0. The zero-order chi connectivity index (χ0) is 64.8. The van der Waals surface area contributed by atoms with E-state index >= 15 is 9.59 Å². The molecule has 0 aromatic rings. The first-order chi connectivity index (χ1) is 38.9. The Kier molecular flexibility index (Phi) is 28.5. The normalized spacial score (nSPS) is 29.0. The van der Waals surface area contributed by atoms with Gasteiger partial charge in [0.2, 0.25) is 65.0 Å². The van der Waals surface area contributed by atoms with Crippen molar-refractivity contribution in [2.75, 3.05) is 55.9 Å². The highest BCUT2D eigenvalue weighted by molar-refractivity contribution is 6.00. The number of carbonyl (C=O) groups excluding carboxylic acids is 11. The first-order valence-electron chi connectivity index (χ1n) is 30.2. The van der Waals surface area contributed by atoms with Crippen LogP contribution in [0, 0.1) is 35.5 Å². The summed E-state index contributed by atoms with van der Waals surface area (Å²) in [6.45, 7) is 27.6. The van der Waals surface area contributed by atoms with Crippen LogP contribution in [-0.4, -0.2) is 238 Å². The molecule has 0 spiro atoms. The summed E-state index contributed by atoms with van der Waals surface area (Å²) in [5.41, 5.74) is 0. The number of rotatable bonds is 13. The Morgan fingerprint density at radius 1 is 0.500 bits per heavy atom. The van der Waals surface area contributed by atoms with E-state index in [1.54, 1.807) is 60.6 Å². The summed E-state index contributed by atoms with van der Waals surface area (Å²) in [7, 11) is 9.99. The highest BCUT2D eigenvalue weighted by atomic mass is 16.3. The van der Waals surface area contributed by atoms with Crippen LogP contribution in [0.1, 0.15) is 149 Å². The number of carbonyl (C=O) groups is 11. The third kappa shape index (κ3) is 18.0. The van der Waals surface area contributed by atoms with E-state index < -0.39 is 162 Å². The molecule has 2 fully saturated rings. The van der Waals surface area contributed by atoms with Crippen molar-refractivity contribution in [3.8, 4) is 0 Å². The monoisotopic (exact) mass is 1190 g/mol. The number of hydrogen-bond acceptors (Lipinski definition) is 12. The zero-order valence-electron chi connectivity index (χ0n) is 55.0. The predicted molar refractivity (Wildman–Crippen MR) is 322 cm³/mol.